The van der Waals surface area contributed by atoms with Crippen LogP contribution in [0.5, 0.6) is 0 Å². The molecule has 2 saturated heterocycles. The number of H-pyrrole nitrogens is 1. The van der Waals surface area contributed by atoms with Crippen LogP contribution in [0.1, 0.15) is 37.1 Å². The fraction of sp³-hybridized carbons (Fsp3) is 0.579. The van der Waals surface area contributed by atoms with E-state index in [1.54, 1.807) is 0 Å². The fourth-order valence-electron chi connectivity index (χ4n) is 5.20. The van der Waals surface area contributed by atoms with Crippen molar-refractivity contribution in [1.82, 2.24) is 9.88 Å². The van der Waals surface area contributed by atoms with Crippen molar-refractivity contribution < 1.29 is 9.84 Å². The highest BCUT2D eigenvalue weighted by Gasteiger charge is 2.45. The highest BCUT2D eigenvalue weighted by molar-refractivity contribution is 5.85. The molecule has 2 aromatic rings. The molecule has 1 aromatic heterocycles. The summed E-state index contributed by atoms with van der Waals surface area (Å²) in [5.41, 5.74) is 4.20. The Labute approximate surface area is 136 Å². The summed E-state index contributed by atoms with van der Waals surface area (Å²) in [5.74, 6) is 1.12. The number of hydrogen-bond acceptors (Lipinski definition) is 3. The van der Waals surface area contributed by atoms with E-state index in [4.69, 9.17) is 4.74 Å². The maximum absolute atomic E-state index is 9.98. The van der Waals surface area contributed by atoms with Gasteiger partial charge in [0, 0.05) is 42.0 Å². The van der Waals surface area contributed by atoms with Crippen LogP contribution < -0.4 is 0 Å². The molecule has 0 aliphatic carbocycles. The van der Waals surface area contributed by atoms with Crippen LogP contribution in [0.3, 0.4) is 0 Å². The number of piperidine rings is 1. The quantitative estimate of drug-likeness (QED) is 0.786. The third-order valence-electron chi connectivity index (χ3n) is 6.33. The number of aromatic amines is 1. The summed E-state index contributed by atoms with van der Waals surface area (Å²) in [4.78, 5) is 6.33. The second kappa shape index (κ2) is 5.07. The summed E-state index contributed by atoms with van der Waals surface area (Å²) in [7, 11) is 0. The number of aliphatic hydroxyl groups excluding tert-OH is 1. The van der Waals surface area contributed by atoms with Gasteiger partial charge in [-0.15, -0.1) is 0 Å². The van der Waals surface area contributed by atoms with Crippen LogP contribution in [0.15, 0.2) is 24.3 Å². The minimum Gasteiger partial charge on any atom is -0.368 e. The molecule has 5 atom stereocenters. The van der Waals surface area contributed by atoms with E-state index in [1.165, 1.54) is 22.2 Å². The van der Waals surface area contributed by atoms with Crippen LogP contribution >= 0.6 is 0 Å². The van der Waals surface area contributed by atoms with Gasteiger partial charge < -0.3 is 14.8 Å². The van der Waals surface area contributed by atoms with Crippen molar-refractivity contribution in [3.8, 4) is 0 Å². The normalized spacial score (nSPS) is 37.2. The molecule has 4 heterocycles. The van der Waals surface area contributed by atoms with Gasteiger partial charge >= 0.3 is 0 Å². The minimum atomic E-state index is -0.580. The molecule has 2 fully saturated rings. The Hall–Kier alpha value is -1.36. The van der Waals surface area contributed by atoms with E-state index in [1.807, 2.05) is 0 Å². The second-order valence-corrected chi connectivity index (χ2v) is 7.51. The van der Waals surface area contributed by atoms with Gasteiger partial charge in [0.05, 0.1) is 12.1 Å². The molecule has 4 nitrogen and oxygen atoms in total. The van der Waals surface area contributed by atoms with E-state index >= 15 is 0 Å². The number of nitrogens with zero attached hydrogens (tertiary/aromatic N) is 1. The monoisotopic (exact) mass is 312 g/mol. The molecule has 0 radical (unpaired) electrons. The predicted molar refractivity (Wildman–Crippen MR) is 89.1 cm³/mol. The highest BCUT2D eigenvalue weighted by atomic mass is 16.6. The average molecular weight is 312 g/mol. The van der Waals surface area contributed by atoms with Crippen LogP contribution in [-0.2, 0) is 11.2 Å². The molecule has 23 heavy (non-hydrogen) atoms. The van der Waals surface area contributed by atoms with Gasteiger partial charge in [-0.1, -0.05) is 18.2 Å². The number of fused-ring (bicyclic) bond motifs is 6. The number of rotatable bonds is 0. The van der Waals surface area contributed by atoms with Gasteiger partial charge in [-0.3, -0.25) is 4.90 Å². The first-order valence-electron chi connectivity index (χ1n) is 8.88. The van der Waals surface area contributed by atoms with Gasteiger partial charge in [0.2, 0.25) is 0 Å². The molecule has 2 N–H and O–H groups in total. The molecule has 122 valence electrons. The van der Waals surface area contributed by atoms with Gasteiger partial charge in [0.1, 0.15) is 0 Å². The summed E-state index contributed by atoms with van der Waals surface area (Å²) in [6.07, 6.45) is 2.63. The summed E-state index contributed by atoms with van der Waals surface area (Å²) in [6, 6.07) is 9.15. The first-order chi connectivity index (χ1) is 11.2. The Balaban J connectivity index is 1.53. The lowest BCUT2D eigenvalue weighted by Crippen LogP contribution is -2.52. The molecular formula is C19H24N2O2. The SMILES string of the molecule is C[C@@H]1O[C@@H](O)C[C@H]2C[C@H]3c4[nH]c5ccccc5c4CCN3C[C@H]21. The van der Waals surface area contributed by atoms with E-state index in [9.17, 15) is 5.11 Å². The smallest absolute Gasteiger partial charge is 0.155 e. The first kappa shape index (κ1) is 14.0. The summed E-state index contributed by atoms with van der Waals surface area (Å²) >= 11 is 0. The Morgan fingerprint density at radius 2 is 2.13 bits per heavy atom. The molecule has 3 aliphatic heterocycles. The Morgan fingerprint density at radius 3 is 3.04 bits per heavy atom. The van der Waals surface area contributed by atoms with Crippen LogP contribution in [0.4, 0.5) is 0 Å². The Kier molecular flexibility index (Phi) is 3.09. The number of aromatic nitrogens is 1. The lowest BCUT2D eigenvalue weighted by atomic mass is 9.73. The number of hydrogen-bond donors (Lipinski definition) is 2. The molecule has 0 saturated carbocycles. The number of aliphatic hydroxyl groups is 1. The summed E-state index contributed by atoms with van der Waals surface area (Å²) in [5, 5.41) is 11.4. The summed E-state index contributed by atoms with van der Waals surface area (Å²) in [6.45, 7) is 4.36. The Bertz CT molecular complexity index is 740. The number of nitrogens with one attached hydrogen (secondary N) is 1. The van der Waals surface area contributed by atoms with Gasteiger partial charge in [-0.25, -0.2) is 0 Å². The van der Waals surface area contributed by atoms with Gasteiger partial charge in [-0.2, -0.15) is 0 Å². The van der Waals surface area contributed by atoms with Crippen molar-refractivity contribution in [3.05, 3.63) is 35.5 Å². The summed E-state index contributed by atoms with van der Waals surface area (Å²) < 4.78 is 5.67. The number of benzene rings is 1. The lowest BCUT2D eigenvalue weighted by Gasteiger charge is -2.50. The topological polar surface area (TPSA) is 48.5 Å². The third-order valence-corrected chi connectivity index (χ3v) is 6.33. The van der Waals surface area contributed by atoms with Crippen molar-refractivity contribution in [1.29, 1.82) is 0 Å². The van der Waals surface area contributed by atoms with Crippen molar-refractivity contribution in [2.24, 2.45) is 11.8 Å². The van der Waals surface area contributed by atoms with Gasteiger partial charge in [-0.05, 0) is 37.3 Å². The molecule has 0 bridgehead atoms. The zero-order valence-electron chi connectivity index (χ0n) is 13.5. The van der Waals surface area contributed by atoms with Crippen molar-refractivity contribution in [2.45, 2.75) is 44.6 Å². The van der Waals surface area contributed by atoms with Gasteiger partial charge in [0.15, 0.2) is 6.29 Å². The van der Waals surface area contributed by atoms with E-state index < -0.39 is 6.29 Å². The third kappa shape index (κ3) is 2.09. The largest absolute Gasteiger partial charge is 0.368 e. The maximum Gasteiger partial charge on any atom is 0.155 e. The van der Waals surface area contributed by atoms with Crippen LogP contribution in [0, 0.1) is 11.8 Å². The average Bonchev–Trinajstić information content (AvgIpc) is 2.92. The minimum absolute atomic E-state index is 0.161. The number of para-hydroxylation sites is 1. The fourth-order valence-corrected chi connectivity index (χ4v) is 5.20. The van der Waals surface area contributed by atoms with Gasteiger partial charge in [0.25, 0.3) is 0 Å². The second-order valence-electron chi connectivity index (χ2n) is 7.51. The van der Waals surface area contributed by atoms with E-state index in [-0.39, 0.29) is 6.10 Å². The first-order valence-corrected chi connectivity index (χ1v) is 8.88. The molecule has 0 unspecified atom stereocenters. The van der Waals surface area contributed by atoms with E-state index in [0.29, 0.717) is 17.9 Å². The molecule has 4 heteroatoms. The zero-order valence-corrected chi connectivity index (χ0v) is 13.5. The van der Waals surface area contributed by atoms with Crippen LogP contribution in [0.25, 0.3) is 10.9 Å². The lowest BCUT2D eigenvalue weighted by molar-refractivity contribution is -0.209. The van der Waals surface area contributed by atoms with Crippen LogP contribution in [0.2, 0.25) is 0 Å². The highest BCUT2D eigenvalue weighted by Crippen LogP contribution is 2.46. The van der Waals surface area contributed by atoms with E-state index in [2.05, 4.69) is 41.1 Å². The molecular weight excluding hydrogens is 288 g/mol. The van der Waals surface area contributed by atoms with Crippen molar-refractivity contribution in [3.63, 3.8) is 0 Å². The Morgan fingerprint density at radius 1 is 1.26 bits per heavy atom. The van der Waals surface area contributed by atoms with Crippen molar-refractivity contribution >= 4 is 10.9 Å². The molecule has 0 spiro atoms. The standard InChI is InChI=1S/C19H24N2O2/c1-11-15-10-21-7-6-14-13-4-2-3-5-16(13)20-19(14)17(21)8-12(15)9-18(22)23-11/h2-5,11-12,15,17-18,20,22H,6-10H2,1H3/t11-,12+,15-,17-,18+/m0/s1. The maximum atomic E-state index is 9.98. The van der Waals surface area contributed by atoms with Crippen molar-refractivity contribution in [2.75, 3.05) is 13.1 Å². The van der Waals surface area contributed by atoms with E-state index in [0.717, 1.165) is 32.4 Å². The zero-order chi connectivity index (χ0) is 15.6. The molecule has 1 aromatic carbocycles. The number of ether oxygens (including phenoxy) is 1. The molecule has 0 amide bonds. The predicted octanol–water partition coefficient (Wildman–Crippen LogP) is 2.83. The molecule has 3 aliphatic rings. The molecule has 5 rings (SSSR count). The van der Waals surface area contributed by atoms with Crippen LogP contribution in [-0.4, -0.2) is 40.5 Å².